The van der Waals surface area contributed by atoms with Gasteiger partial charge in [-0.2, -0.15) is 0 Å². The van der Waals surface area contributed by atoms with E-state index in [1.54, 1.807) is 0 Å². The normalized spacial score (nSPS) is 13.4. The minimum atomic E-state index is -3.67. The van der Waals surface area contributed by atoms with Gasteiger partial charge >= 0.3 is 0 Å². The third kappa shape index (κ3) is 4.83. The molecule has 7 nitrogen and oxygen atoms in total. The SMILES string of the molecule is CC(CO)CCCNC(=O)c1ccc(S(=O)(=O)N(C)C)o1. The summed E-state index contributed by atoms with van der Waals surface area (Å²) in [5, 5.41) is 11.3. The Bertz CT molecular complexity index is 565. The molecule has 1 atom stereocenters. The zero-order valence-electron chi connectivity index (χ0n) is 12.5. The molecule has 1 unspecified atom stereocenters. The predicted molar refractivity (Wildman–Crippen MR) is 77.4 cm³/mol. The van der Waals surface area contributed by atoms with Gasteiger partial charge in [-0.15, -0.1) is 0 Å². The van der Waals surface area contributed by atoms with E-state index < -0.39 is 15.9 Å². The second kappa shape index (κ2) is 7.58. The van der Waals surface area contributed by atoms with Crippen molar-refractivity contribution in [3.63, 3.8) is 0 Å². The van der Waals surface area contributed by atoms with E-state index in [4.69, 9.17) is 9.52 Å². The number of carbonyl (C=O) groups excluding carboxylic acids is 1. The lowest BCUT2D eigenvalue weighted by Crippen LogP contribution is -2.24. The molecule has 2 N–H and O–H groups in total. The fraction of sp³-hybridized carbons (Fsp3) is 0.615. The highest BCUT2D eigenvalue weighted by molar-refractivity contribution is 7.88. The minimum absolute atomic E-state index is 0.0365. The molecule has 1 aromatic heterocycles. The highest BCUT2D eigenvalue weighted by atomic mass is 32.2. The molecule has 1 heterocycles. The maximum atomic E-state index is 11.8. The van der Waals surface area contributed by atoms with Crippen molar-refractivity contribution in [2.45, 2.75) is 24.9 Å². The van der Waals surface area contributed by atoms with E-state index >= 15 is 0 Å². The molecule has 0 aliphatic heterocycles. The molecule has 8 heteroatoms. The van der Waals surface area contributed by atoms with Gasteiger partial charge in [-0.25, -0.2) is 12.7 Å². The van der Waals surface area contributed by atoms with Crippen molar-refractivity contribution < 1.29 is 22.7 Å². The van der Waals surface area contributed by atoms with Gasteiger partial charge in [0, 0.05) is 27.2 Å². The third-order valence-electron chi connectivity index (χ3n) is 3.01. The number of hydrogen-bond acceptors (Lipinski definition) is 5. The number of sulfonamides is 1. The van der Waals surface area contributed by atoms with Crippen LogP contribution in [-0.2, 0) is 10.0 Å². The van der Waals surface area contributed by atoms with E-state index in [0.29, 0.717) is 6.54 Å². The number of nitrogens with one attached hydrogen (secondary N) is 1. The molecule has 0 radical (unpaired) electrons. The first-order chi connectivity index (χ1) is 9.78. The molecule has 0 aliphatic carbocycles. The average molecular weight is 318 g/mol. The Kier molecular flexibility index (Phi) is 6.38. The Morgan fingerprint density at radius 2 is 2.10 bits per heavy atom. The van der Waals surface area contributed by atoms with Crippen molar-refractivity contribution >= 4 is 15.9 Å². The van der Waals surface area contributed by atoms with E-state index in [2.05, 4.69) is 5.32 Å². The quantitative estimate of drug-likeness (QED) is 0.686. The van der Waals surface area contributed by atoms with Crippen molar-refractivity contribution in [2.75, 3.05) is 27.2 Å². The number of nitrogens with zero attached hydrogens (tertiary/aromatic N) is 1. The zero-order valence-corrected chi connectivity index (χ0v) is 13.3. The number of aliphatic hydroxyl groups excluding tert-OH is 1. The van der Waals surface area contributed by atoms with Gasteiger partial charge in [-0.05, 0) is 30.9 Å². The molecule has 21 heavy (non-hydrogen) atoms. The first kappa shape index (κ1) is 17.7. The Morgan fingerprint density at radius 1 is 1.43 bits per heavy atom. The molecule has 120 valence electrons. The van der Waals surface area contributed by atoms with Crippen LogP contribution in [0.5, 0.6) is 0 Å². The van der Waals surface area contributed by atoms with E-state index in [1.807, 2.05) is 6.92 Å². The average Bonchev–Trinajstić information content (AvgIpc) is 2.93. The molecule has 1 amide bonds. The Morgan fingerprint density at radius 3 is 2.67 bits per heavy atom. The molecule has 0 aromatic carbocycles. The van der Waals surface area contributed by atoms with Crippen LogP contribution in [0.25, 0.3) is 0 Å². The monoisotopic (exact) mass is 318 g/mol. The Hall–Kier alpha value is -1.38. The highest BCUT2D eigenvalue weighted by Crippen LogP contribution is 2.16. The molecule has 0 fully saturated rings. The van der Waals surface area contributed by atoms with Crippen LogP contribution in [0, 0.1) is 5.92 Å². The summed E-state index contributed by atoms with van der Waals surface area (Å²) in [6.45, 7) is 2.49. The lowest BCUT2D eigenvalue weighted by molar-refractivity contribution is 0.0919. The molecule has 0 saturated heterocycles. The van der Waals surface area contributed by atoms with Crippen molar-refractivity contribution in [2.24, 2.45) is 5.92 Å². The second-order valence-electron chi connectivity index (χ2n) is 5.09. The van der Waals surface area contributed by atoms with Gasteiger partial charge in [0.1, 0.15) is 0 Å². The standard InChI is InChI=1S/C13H22N2O5S/c1-10(9-16)5-4-8-14-13(17)11-6-7-12(20-11)21(18,19)15(2)3/h6-7,10,16H,4-5,8-9H2,1-3H3,(H,14,17). The lowest BCUT2D eigenvalue weighted by Gasteiger charge is -2.08. The van der Waals surface area contributed by atoms with Crippen LogP contribution in [0.1, 0.15) is 30.3 Å². The van der Waals surface area contributed by atoms with Gasteiger partial charge in [-0.1, -0.05) is 6.92 Å². The van der Waals surface area contributed by atoms with Crippen LogP contribution < -0.4 is 5.32 Å². The summed E-state index contributed by atoms with van der Waals surface area (Å²) in [7, 11) is -0.893. The van der Waals surface area contributed by atoms with Crippen molar-refractivity contribution in [1.82, 2.24) is 9.62 Å². The van der Waals surface area contributed by atoms with Gasteiger partial charge in [0.2, 0.25) is 5.09 Å². The number of furan rings is 1. The molecule has 0 bridgehead atoms. The minimum Gasteiger partial charge on any atom is -0.438 e. The second-order valence-corrected chi connectivity index (χ2v) is 7.17. The third-order valence-corrected chi connectivity index (χ3v) is 4.70. The van der Waals surface area contributed by atoms with Gasteiger partial charge in [-0.3, -0.25) is 4.79 Å². The maximum Gasteiger partial charge on any atom is 0.287 e. The summed E-state index contributed by atoms with van der Waals surface area (Å²) in [6.07, 6.45) is 1.53. The van der Waals surface area contributed by atoms with Crippen molar-refractivity contribution in [3.05, 3.63) is 17.9 Å². The first-order valence-electron chi connectivity index (χ1n) is 6.70. The molecule has 1 aromatic rings. The number of carbonyl (C=O) groups is 1. The van der Waals surface area contributed by atoms with Crippen LogP contribution in [0.4, 0.5) is 0 Å². The van der Waals surface area contributed by atoms with Gasteiger partial charge < -0.3 is 14.8 Å². The molecule has 1 rings (SSSR count). The van der Waals surface area contributed by atoms with Crippen LogP contribution in [0.15, 0.2) is 21.6 Å². The fourth-order valence-electron chi connectivity index (χ4n) is 1.59. The maximum absolute atomic E-state index is 11.8. The van der Waals surface area contributed by atoms with Crippen molar-refractivity contribution in [3.8, 4) is 0 Å². The predicted octanol–water partition coefficient (Wildman–Crippen LogP) is 0.668. The van der Waals surface area contributed by atoms with Gasteiger partial charge in [0.25, 0.3) is 15.9 Å². The van der Waals surface area contributed by atoms with Gasteiger partial charge in [0.05, 0.1) is 0 Å². The number of aliphatic hydroxyl groups is 1. The van der Waals surface area contributed by atoms with Crippen LogP contribution in [0.2, 0.25) is 0 Å². The number of rotatable bonds is 8. The van der Waals surface area contributed by atoms with Crippen molar-refractivity contribution in [1.29, 1.82) is 0 Å². The Labute approximate surface area is 125 Å². The summed E-state index contributed by atoms with van der Waals surface area (Å²) < 4.78 is 29.7. The van der Waals surface area contributed by atoms with Crippen LogP contribution in [0.3, 0.4) is 0 Å². The zero-order chi connectivity index (χ0) is 16.0. The van der Waals surface area contributed by atoms with E-state index in [9.17, 15) is 13.2 Å². The molecular weight excluding hydrogens is 296 g/mol. The topological polar surface area (TPSA) is 99.8 Å². The summed E-state index contributed by atoms with van der Waals surface area (Å²) in [4.78, 5) is 11.8. The van der Waals surface area contributed by atoms with E-state index in [1.165, 1.54) is 26.2 Å². The molecule has 0 saturated carbocycles. The fourth-order valence-corrected chi connectivity index (χ4v) is 2.39. The Balaban J connectivity index is 2.55. The summed E-state index contributed by atoms with van der Waals surface area (Å²) in [5.74, 6) is -0.292. The molecule has 0 spiro atoms. The summed E-state index contributed by atoms with van der Waals surface area (Å²) in [6, 6.07) is 2.60. The first-order valence-corrected chi connectivity index (χ1v) is 8.14. The largest absolute Gasteiger partial charge is 0.438 e. The highest BCUT2D eigenvalue weighted by Gasteiger charge is 2.23. The molecular formula is C13H22N2O5S. The lowest BCUT2D eigenvalue weighted by atomic mass is 10.1. The van der Waals surface area contributed by atoms with E-state index in [0.717, 1.165) is 17.1 Å². The van der Waals surface area contributed by atoms with Gasteiger partial charge in [0.15, 0.2) is 5.76 Å². The molecule has 0 aliphatic rings. The summed E-state index contributed by atoms with van der Waals surface area (Å²) in [5.41, 5.74) is 0. The van der Waals surface area contributed by atoms with Crippen LogP contribution >= 0.6 is 0 Å². The summed E-state index contributed by atoms with van der Waals surface area (Å²) >= 11 is 0. The smallest absolute Gasteiger partial charge is 0.287 e. The number of hydrogen-bond donors (Lipinski definition) is 2. The van der Waals surface area contributed by atoms with Crippen LogP contribution in [-0.4, -0.2) is 51.0 Å². The number of amides is 1. The van der Waals surface area contributed by atoms with E-state index in [-0.39, 0.29) is 23.4 Å².